The molecule has 0 unspecified atom stereocenters. The van der Waals surface area contributed by atoms with Crippen LogP contribution in [-0.2, 0) is 0 Å². The Bertz CT molecular complexity index is 715. The van der Waals surface area contributed by atoms with Crippen LogP contribution < -0.4 is 20.3 Å². The van der Waals surface area contributed by atoms with Crippen molar-refractivity contribution in [2.24, 2.45) is 0 Å². The Kier molecular flexibility index (Phi) is 5.88. The van der Waals surface area contributed by atoms with Crippen LogP contribution >= 0.6 is 0 Å². The number of carbonyl (C=O) groups is 1. The van der Waals surface area contributed by atoms with E-state index in [4.69, 9.17) is 4.74 Å². The monoisotopic (exact) mass is 355 g/mol. The summed E-state index contributed by atoms with van der Waals surface area (Å²) in [4.78, 5) is 22.7. The van der Waals surface area contributed by atoms with E-state index in [1.54, 1.807) is 18.3 Å². The van der Waals surface area contributed by atoms with Crippen LogP contribution in [0, 0.1) is 0 Å². The molecule has 7 nitrogen and oxygen atoms in total. The average Bonchev–Trinajstić information content (AvgIpc) is 2.64. The highest BCUT2D eigenvalue weighted by Crippen LogP contribution is 2.22. The number of aromatic nitrogens is 2. The maximum absolute atomic E-state index is 12.0. The fourth-order valence-corrected chi connectivity index (χ4v) is 3.02. The number of rotatable bonds is 5. The number of hydrogen-bond donors (Lipinski definition) is 2. The highest BCUT2D eigenvalue weighted by Gasteiger charge is 2.23. The molecule has 1 amide bonds. The Morgan fingerprint density at radius 2 is 1.77 bits per heavy atom. The highest BCUT2D eigenvalue weighted by atomic mass is 16.6. The van der Waals surface area contributed by atoms with Crippen molar-refractivity contribution in [3.05, 3.63) is 42.6 Å². The van der Waals surface area contributed by atoms with E-state index in [-0.39, 0.29) is 6.04 Å². The van der Waals surface area contributed by atoms with Gasteiger partial charge < -0.3 is 20.3 Å². The van der Waals surface area contributed by atoms with Gasteiger partial charge in [0.1, 0.15) is 11.6 Å². The van der Waals surface area contributed by atoms with E-state index in [1.807, 2.05) is 43.3 Å². The Morgan fingerprint density at radius 3 is 2.46 bits per heavy atom. The van der Waals surface area contributed by atoms with Crippen LogP contribution in [0.3, 0.4) is 0 Å². The molecule has 3 rings (SSSR count). The summed E-state index contributed by atoms with van der Waals surface area (Å²) < 4.78 is 5.28. The zero-order valence-corrected chi connectivity index (χ0v) is 15.2. The molecule has 138 valence electrons. The first-order chi connectivity index (χ1) is 12.6. The minimum Gasteiger partial charge on any atom is -0.410 e. The average molecular weight is 355 g/mol. The highest BCUT2D eigenvalue weighted by molar-refractivity contribution is 5.70. The Hall–Kier alpha value is -2.83. The smallest absolute Gasteiger partial charge is 0.410 e. The number of nitrogens with zero attached hydrogens (tertiary/aromatic N) is 3. The normalized spacial score (nSPS) is 19.5. The molecule has 1 aliphatic carbocycles. The Balaban J connectivity index is 1.44. The second-order valence-electron chi connectivity index (χ2n) is 6.67. The lowest BCUT2D eigenvalue weighted by Crippen LogP contribution is -2.41. The lowest BCUT2D eigenvalue weighted by Gasteiger charge is -2.29. The second kappa shape index (κ2) is 8.51. The van der Waals surface area contributed by atoms with Crippen LogP contribution in [0.25, 0.3) is 0 Å². The maximum Gasteiger partial charge on any atom is 0.412 e. The quantitative estimate of drug-likeness (QED) is 0.858. The third-order valence-corrected chi connectivity index (χ3v) is 4.44. The fraction of sp³-hybridized carbons (Fsp3) is 0.421. The number of amides is 1. The van der Waals surface area contributed by atoms with Crippen LogP contribution in [0.1, 0.15) is 25.7 Å². The van der Waals surface area contributed by atoms with Gasteiger partial charge in [-0.25, -0.2) is 9.78 Å². The maximum atomic E-state index is 12.0. The van der Waals surface area contributed by atoms with Crippen molar-refractivity contribution in [2.45, 2.75) is 37.8 Å². The minimum atomic E-state index is -0.394. The number of carbonyl (C=O) groups excluding carboxylic acids is 1. The van der Waals surface area contributed by atoms with Gasteiger partial charge in [-0.15, -0.1) is 0 Å². The molecule has 2 aromatic rings. The van der Waals surface area contributed by atoms with Gasteiger partial charge in [-0.05, 0) is 43.9 Å². The van der Waals surface area contributed by atoms with Crippen LogP contribution in [0.5, 0.6) is 5.75 Å². The molecular weight excluding hydrogens is 330 g/mol. The van der Waals surface area contributed by atoms with E-state index in [0.29, 0.717) is 17.7 Å². The lowest BCUT2D eigenvalue weighted by molar-refractivity contribution is 0.191. The second-order valence-corrected chi connectivity index (χ2v) is 6.67. The van der Waals surface area contributed by atoms with Crippen molar-refractivity contribution in [1.82, 2.24) is 15.3 Å². The number of para-hydroxylation sites is 1. The van der Waals surface area contributed by atoms with E-state index < -0.39 is 6.09 Å². The van der Waals surface area contributed by atoms with E-state index in [1.165, 1.54) is 0 Å². The first-order valence-electron chi connectivity index (χ1n) is 8.90. The topological polar surface area (TPSA) is 79.4 Å². The Morgan fingerprint density at radius 1 is 1.08 bits per heavy atom. The van der Waals surface area contributed by atoms with Crippen molar-refractivity contribution < 1.29 is 9.53 Å². The van der Waals surface area contributed by atoms with E-state index in [2.05, 4.69) is 20.6 Å². The molecule has 1 heterocycles. The molecule has 1 aromatic heterocycles. The van der Waals surface area contributed by atoms with Gasteiger partial charge in [0.15, 0.2) is 0 Å². The van der Waals surface area contributed by atoms with Gasteiger partial charge in [0, 0.05) is 32.4 Å². The summed E-state index contributed by atoms with van der Waals surface area (Å²) >= 11 is 0. The van der Waals surface area contributed by atoms with Crippen LogP contribution in [0.15, 0.2) is 42.6 Å². The van der Waals surface area contributed by atoms with Gasteiger partial charge >= 0.3 is 6.09 Å². The predicted molar refractivity (Wildman–Crippen MR) is 102 cm³/mol. The van der Waals surface area contributed by atoms with E-state index in [0.717, 1.165) is 31.5 Å². The molecule has 1 fully saturated rings. The zero-order valence-electron chi connectivity index (χ0n) is 15.2. The summed E-state index contributed by atoms with van der Waals surface area (Å²) in [5, 5.41) is 6.35. The molecule has 0 aliphatic heterocycles. The zero-order chi connectivity index (χ0) is 18.4. The summed E-state index contributed by atoms with van der Waals surface area (Å²) in [6.07, 6.45) is 5.06. The van der Waals surface area contributed by atoms with Crippen LogP contribution in [-0.4, -0.2) is 42.2 Å². The number of hydrogen-bond acceptors (Lipinski definition) is 6. The predicted octanol–water partition coefficient (Wildman–Crippen LogP) is 3.05. The van der Waals surface area contributed by atoms with Crippen molar-refractivity contribution in [2.75, 3.05) is 24.3 Å². The molecule has 1 aliphatic rings. The van der Waals surface area contributed by atoms with Gasteiger partial charge in [-0.1, -0.05) is 18.2 Å². The minimum absolute atomic E-state index is 0.137. The molecular formula is C19H25N5O2. The van der Waals surface area contributed by atoms with Crippen molar-refractivity contribution in [1.29, 1.82) is 0 Å². The summed E-state index contributed by atoms with van der Waals surface area (Å²) in [5.41, 5.74) is 0. The first-order valence-corrected chi connectivity index (χ1v) is 8.90. The molecule has 1 aromatic carbocycles. The van der Waals surface area contributed by atoms with Gasteiger partial charge in [-0.2, -0.15) is 4.98 Å². The fourth-order valence-electron chi connectivity index (χ4n) is 3.02. The number of ether oxygens (including phenoxy) is 1. The molecule has 1 saturated carbocycles. The van der Waals surface area contributed by atoms with Gasteiger partial charge in [0.25, 0.3) is 0 Å². The molecule has 0 bridgehead atoms. The van der Waals surface area contributed by atoms with Crippen molar-refractivity contribution in [3.8, 4) is 5.75 Å². The number of anilines is 2. The number of benzene rings is 1. The molecule has 0 atom stereocenters. The molecule has 7 heteroatoms. The van der Waals surface area contributed by atoms with E-state index >= 15 is 0 Å². The van der Waals surface area contributed by atoms with Gasteiger partial charge in [0.05, 0.1) is 0 Å². The standard InChI is InChI=1S/C19H25N5O2/c1-24(2)17-12-13-20-18(23-17)21-14-8-10-15(11-9-14)22-19(25)26-16-6-4-3-5-7-16/h3-7,12-15H,8-11H2,1-2H3,(H,22,25)(H,20,21,23). The molecule has 2 N–H and O–H groups in total. The van der Waals surface area contributed by atoms with Crippen molar-refractivity contribution in [3.63, 3.8) is 0 Å². The molecule has 0 spiro atoms. The van der Waals surface area contributed by atoms with Crippen LogP contribution in [0.2, 0.25) is 0 Å². The van der Waals surface area contributed by atoms with E-state index in [9.17, 15) is 4.79 Å². The third-order valence-electron chi connectivity index (χ3n) is 4.44. The molecule has 0 saturated heterocycles. The largest absolute Gasteiger partial charge is 0.412 e. The SMILES string of the molecule is CN(C)c1ccnc(NC2CCC(NC(=O)Oc3ccccc3)CC2)n1. The van der Waals surface area contributed by atoms with Gasteiger partial charge in [-0.3, -0.25) is 0 Å². The summed E-state index contributed by atoms with van der Waals surface area (Å²) in [6.45, 7) is 0. The molecule has 0 radical (unpaired) electrons. The van der Waals surface area contributed by atoms with Crippen LogP contribution in [0.4, 0.5) is 16.6 Å². The first kappa shape index (κ1) is 18.0. The lowest BCUT2D eigenvalue weighted by atomic mass is 9.91. The number of nitrogens with one attached hydrogen (secondary N) is 2. The molecule has 26 heavy (non-hydrogen) atoms. The summed E-state index contributed by atoms with van der Waals surface area (Å²) in [6, 6.07) is 11.4. The summed E-state index contributed by atoms with van der Waals surface area (Å²) in [5.74, 6) is 2.08. The Labute approximate surface area is 153 Å². The third kappa shape index (κ3) is 5.08. The van der Waals surface area contributed by atoms with Gasteiger partial charge in [0.2, 0.25) is 5.95 Å². The van der Waals surface area contributed by atoms with Crippen molar-refractivity contribution >= 4 is 17.9 Å². The summed E-state index contributed by atoms with van der Waals surface area (Å²) in [7, 11) is 3.91.